The van der Waals surface area contributed by atoms with Crippen molar-refractivity contribution in [3.63, 3.8) is 0 Å². The van der Waals surface area contributed by atoms with Gasteiger partial charge in [0, 0.05) is 43.2 Å². The third-order valence-electron chi connectivity index (χ3n) is 9.07. The van der Waals surface area contributed by atoms with Crippen molar-refractivity contribution >= 4 is 29.1 Å². The van der Waals surface area contributed by atoms with E-state index in [-0.39, 0.29) is 43.2 Å². The van der Waals surface area contributed by atoms with E-state index in [1.165, 1.54) is 0 Å². The molecule has 1 N–H and O–H groups in total. The third kappa shape index (κ3) is 5.57. The number of benzene rings is 3. The Morgan fingerprint density at radius 1 is 0.977 bits per heavy atom. The number of rotatable bonds is 9. The van der Waals surface area contributed by atoms with E-state index >= 15 is 0 Å². The molecule has 0 radical (unpaired) electrons. The van der Waals surface area contributed by atoms with Gasteiger partial charge in [0.1, 0.15) is 0 Å². The number of carbonyl (C=O) groups is 3. The number of hydrogen-bond donors (Lipinski definition) is 1. The van der Waals surface area contributed by atoms with Crippen molar-refractivity contribution in [2.75, 3.05) is 29.5 Å². The molecular formula is C35H39N3O5. The molecule has 2 fully saturated rings. The van der Waals surface area contributed by atoms with Gasteiger partial charge in [-0.3, -0.25) is 14.4 Å². The van der Waals surface area contributed by atoms with Crippen LogP contribution in [0.5, 0.6) is 0 Å². The number of para-hydroxylation sites is 1. The standard InChI is InChI=1S/C35H39N3O5/c1-25-21-29(22-33(41)36(19-20-39)23-26-9-3-2-4-10-26)43-35(25)30-11-5-6-12-31(30)38(34(35)42)24-27-14-16-28(17-15-27)37-18-8-7-13-32(37)40/h2-6,9-12,14-17,25,29,39H,7-8,13,18-24H2,1H3/t25-,29-,35+/m1/s1. The number of anilines is 2. The van der Waals surface area contributed by atoms with E-state index in [4.69, 9.17) is 4.74 Å². The molecule has 2 saturated heterocycles. The van der Waals surface area contributed by atoms with Crippen LogP contribution in [0.25, 0.3) is 0 Å². The van der Waals surface area contributed by atoms with Crippen molar-refractivity contribution in [2.24, 2.45) is 5.92 Å². The summed E-state index contributed by atoms with van der Waals surface area (Å²) in [5.41, 5.74) is 3.37. The molecule has 0 saturated carbocycles. The van der Waals surface area contributed by atoms with Gasteiger partial charge in [-0.05, 0) is 48.6 Å². The van der Waals surface area contributed by atoms with E-state index in [1.54, 1.807) is 9.80 Å². The molecule has 1 spiro atoms. The summed E-state index contributed by atoms with van der Waals surface area (Å²) in [7, 11) is 0. The number of aliphatic hydroxyl groups is 1. The molecule has 224 valence electrons. The smallest absolute Gasteiger partial charge is 0.264 e. The maximum absolute atomic E-state index is 14.3. The predicted octanol–water partition coefficient (Wildman–Crippen LogP) is 4.78. The number of fused-ring (bicyclic) bond motifs is 2. The van der Waals surface area contributed by atoms with E-state index in [1.807, 2.05) is 90.7 Å². The molecule has 0 unspecified atom stereocenters. The zero-order valence-electron chi connectivity index (χ0n) is 24.7. The fraction of sp³-hybridized carbons (Fsp3) is 0.400. The summed E-state index contributed by atoms with van der Waals surface area (Å²) in [6.07, 6.45) is 2.83. The van der Waals surface area contributed by atoms with Gasteiger partial charge in [-0.1, -0.05) is 67.6 Å². The van der Waals surface area contributed by atoms with E-state index < -0.39 is 11.7 Å². The fourth-order valence-corrected chi connectivity index (χ4v) is 6.89. The van der Waals surface area contributed by atoms with Gasteiger partial charge in [0.2, 0.25) is 11.8 Å². The molecule has 3 amide bonds. The number of carbonyl (C=O) groups excluding carboxylic acids is 3. The highest BCUT2D eigenvalue weighted by molar-refractivity contribution is 6.07. The van der Waals surface area contributed by atoms with Gasteiger partial charge >= 0.3 is 0 Å². The van der Waals surface area contributed by atoms with Crippen LogP contribution in [-0.4, -0.2) is 53.5 Å². The Hall–Kier alpha value is -4.01. The van der Waals surface area contributed by atoms with E-state index in [2.05, 4.69) is 0 Å². The Morgan fingerprint density at radius 2 is 1.72 bits per heavy atom. The maximum atomic E-state index is 14.3. The first-order valence-corrected chi connectivity index (χ1v) is 15.3. The van der Waals surface area contributed by atoms with Crippen LogP contribution in [0.15, 0.2) is 78.9 Å². The molecule has 3 aromatic carbocycles. The van der Waals surface area contributed by atoms with Gasteiger partial charge < -0.3 is 24.5 Å². The zero-order chi connectivity index (χ0) is 30.0. The number of hydrogen-bond acceptors (Lipinski definition) is 5. The zero-order valence-corrected chi connectivity index (χ0v) is 24.7. The molecule has 8 heteroatoms. The van der Waals surface area contributed by atoms with Crippen molar-refractivity contribution in [3.8, 4) is 0 Å². The first-order valence-electron chi connectivity index (χ1n) is 15.3. The second kappa shape index (κ2) is 12.3. The lowest BCUT2D eigenvalue weighted by atomic mass is 9.83. The van der Waals surface area contributed by atoms with Crippen LogP contribution in [0, 0.1) is 5.92 Å². The molecule has 3 atom stereocenters. The Labute approximate surface area is 252 Å². The van der Waals surface area contributed by atoms with Crippen LogP contribution in [-0.2, 0) is 37.8 Å². The average molecular weight is 582 g/mol. The lowest BCUT2D eigenvalue weighted by molar-refractivity contribution is -0.150. The molecule has 43 heavy (non-hydrogen) atoms. The van der Waals surface area contributed by atoms with Gasteiger partial charge in [-0.2, -0.15) is 0 Å². The van der Waals surface area contributed by atoms with E-state index in [0.717, 1.165) is 47.5 Å². The molecule has 8 nitrogen and oxygen atoms in total. The molecule has 3 aromatic rings. The lowest BCUT2D eigenvalue weighted by Gasteiger charge is -2.29. The molecule has 6 rings (SSSR count). The molecule has 0 bridgehead atoms. The monoisotopic (exact) mass is 581 g/mol. The SMILES string of the molecule is C[C@@H]1C[C@H](CC(=O)N(CCO)Cc2ccccc2)O[C@@]12C(=O)N(Cc1ccc(N3CCCCC3=O)cc1)c1ccccc12. The minimum absolute atomic E-state index is 0.102. The third-order valence-corrected chi connectivity index (χ3v) is 9.07. The van der Waals surface area contributed by atoms with Gasteiger partial charge in [-0.15, -0.1) is 0 Å². The number of aliphatic hydroxyl groups excluding tert-OH is 1. The molecule has 3 aliphatic heterocycles. The van der Waals surface area contributed by atoms with Crippen LogP contribution in [0.4, 0.5) is 11.4 Å². The molecule has 0 aliphatic carbocycles. The van der Waals surface area contributed by atoms with Gasteiger partial charge in [0.05, 0.1) is 31.4 Å². The van der Waals surface area contributed by atoms with Gasteiger partial charge in [0.15, 0.2) is 5.60 Å². The van der Waals surface area contributed by atoms with Gasteiger partial charge in [0.25, 0.3) is 5.91 Å². The number of ether oxygens (including phenoxy) is 1. The highest BCUT2D eigenvalue weighted by Crippen LogP contribution is 2.53. The van der Waals surface area contributed by atoms with Crippen molar-refractivity contribution in [3.05, 3.63) is 95.6 Å². The summed E-state index contributed by atoms with van der Waals surface area (Å²) >= 11 is 0. The first kappa shape index (κ1) is 29.1. The average Bonchev–Trinajstić information content (AvgIpc) is 3.47. The normalized spacial score (nSPS) is 23.2. The minimum Gasteiger partial charge on any atom is -0.395 e. The number of amides is 3. The second-order valence-electron chi connectivity index (χ2n) is 11.9. The first-order chi connectivity index (χ1) is 20.9. The summed E-state index contributed by atoms with van der Waals surface area (Å²) < 4.78 is 6.64. The summed E-state index contributed by atoms with van der Waals surface area (Å²) in [4.78, 5) is 45.4. The summed E-state index contributed by atoms with van der Waals surface area (Å²) in [6.45, 7) is 3.67. The fourth-order valence-electron chi connectivity index (χ4n) is 6.89. The minimum atomic E-state index is -1.15. The van der Waals surface area contributed by atoms with Crippen LogP contribution in [0.1, 0.15) is 55.7 Å². The van der Waals surface area contributed by atoms with Crippen molar-refractivity contribution in [1.29, 1.82) is 0 Å². The summed E-state index contributed by atoms with van der Waals surface area (Å²) in [6, 6.07) is 25.4. The Kier molecular flexibility index (Phi) is 8.32. The highest BCUT2D eigenvalue weighted by Gasteiger charge is 2.60. The van der Waals surface area contributed by atoms with Crippen LogP contribution in [0.3, 0.4) is 0 Å². The number of nitrogens with zero attached hydrogens (tertiary/aromatic N) is 3. The van der Waals surface area contributed by atoms with Gasteiger partial charge in [-0.25, -0.2) is 0 Å². The Morgan fingerprint density at radius 3 is 2.47 bits per heavy atom. The lowest BCUT2D eigenvalue weighted by Crippen LogP contribution is -2.44. The molecule has 0 aromatic heterocycles. The largest absolute Gasteiger partial charge is 0.395 e. The summed E-state index contributed by atoms with van der Waals surface area (Å²) in [5.74, 6) is -0.181. The van der Waals surface area contributed by atoms with Crippen LogP contribution < -0.4 is 9.80 Å². The van der Waals surface area contributed by atoms with Crippen LogP contribution >= 0.6 is 0 Å². The Bertz CT molecular complexity index is 1480. The van der Waals surface area contributed by atoms with Crippen molar-refractivity contribution in [1.82, 2.24) is 4.90 Å². The maximum Gasteiger partial charge on any atom is 0.264 e. The highest BCUT2D eigenvalue weighted by atomic mass is 16.5. The quantitative estimate of drug-likeness (QED) is 0.393. The van der Waals surface area contributed by atoms with E-state index in [9.17, 15) is 19.5 Å². The van der Waals surface area contributed by atoms with E-state index in [0.29, 0.717) is 25.9 Å². The molecular weight excluding hydrogens is 542 g/mol. The summed E-state index contributed by atoms with van der Waals surface area (Å²) in [5, 5.41) is 9.63. The Balaban J connectivity index is 1.19. The second-order valence-corrected chi connectivity index (χ2v) is 11.9. The predicted molar refractivity (Wildman–Crippen MR) is 164 cm³/mol. The molecule has 3 heterocycles. The number of piperidine rings is 1. The van der Waals surface area contributed by atoms with Crippen molar-refractivity contribution in [2.45, 2.75) is 63.8 Å². The van der Waals surface area contributed by atoms with Crippen LogP contribution in [0.2, 0.25) is 0 Å². The van der Waals surface area contributed by atoms with Crippen molar-refractivity contribution < 1.29 is 24.2 Å². The topological polar surface area (TPSA) is 90.4 Å². The molecule has 3 aliphatic rings.